The molecule has 2 rings (SSSR count). The first-order valence-electron chi connectivity index (χ1n) is 7.02. The Morgan fingerprint density at radius 2 is 1.90 bits per heavy atom. The predicted octanol–water partition coefficient (Wildman–Crippen LogP) is 2.97. The first-order valence-corrected chi connectivity index (χ1v) is 7.02. The fraction of sp³-hybridized carbons (Fsp3) is 0.294. The average Bonchev–Trinajstić information content (AvgIpc) is 2.52. The fourth-order valence-electron chi connectivity index (χ4n) is 2.04. The van der Waals surface area contributed by atoms with Crippen LogP contribution in [0.15, 0.2) is 48.7 Å². The largest absolute Gasteiger partial charge is 0.306 e. The number of hydrogen-bond donors (Lipinski definition) is 0. The molecule has 2 aromatic rings. The topological polar surface area (TPSA) is 33.2 Å². The summed E-state index contributed by atoms with van der Waals surface area (Å²) in [6.45, 7) is 1.57. The van der Waals surface area contributed by atoms with Gasteiger partial charge in [0, 0.05) is 19.5 Å². The van der Waals surface area contributed by atoms with Gasteiger partial charge in [-0.3, -0.25) is 9.78 Å². The lowest BCUT2D eigenvalue weighted by molar-refractivity contribution is 0.0964. The first kappa shape index (κ1) is 15.3. The van der Waals surface area contributed by atoms with E-state index in [9.17, 15) is 9.18 Å². The summed E-state index contributed by atoms with van der Waals surface area (Å²) >= 11 is 0. The second kappa shape index (κ2) is 7.64. The summed E-state index contributed by atoms with van der Waals surface area (Å²) in [6, 6.07) is 12.9. The molecule has 1 aromatic heterocycles. The Hall–Kier alpha value is -2.07. The summed E-state index contributed by atoms with van der Waals surface area (Å²) in [6.07, 6.45) is 2.43. The van der Waals surface area contributed by atoms with Gasteiger partial charge in [-0.25, -0.2) is 4.39 Å². The van der Waals surface area contributed by atoms with Crippen LogP contribution in [0.2, 0.25) is 0 Å². The van der Waals surface area contributed by atoms with Crippen molar-refractivity contribution in [2.75, 3.05) is 20.1 Å². The lowest BCUT2D eigenvalue weighted by Gasteiger charge is -2.15. The first-order chi connectivity index (χ1) is 10.1. The molecule has 0 aliphatic rings. The van der Waals surface area contributed by atoms with Crippen molar-refractivity contribution < 1.29 is 9.18 Å². The number of Topliss-reactive ketones (excluding diaryl/α,β-unsaturated/α-hetero) is 1. The molecule has 0 radical (unpaired) electrons. The molecule has 0 aliphatic heterocycles. The van der Waals surface area contributed by atoms with Gasteiger partial charge in [0.25, 0.3) is 0 Å². The number of pyridine rings is 1. The molecule has 0 spiro atoms. The predicted molar refractivity (Wildman–Crippen MR) is 80.8 cm³/mol. The third-order valence-electron chi connectivity index (χ3n) is 3.36. The Labute approximate surface area is 124 Å². The molecule has 1 heterocycles. The molecule has 0 bridgehead atoms. The molecule has 0 unspecified atom stereocenters. The van der Waals surface area contributed by atoms with E-state index in [4.69, 9.17) is 0 Å². The molecule has 0 amide bonds. The minimum Gasteiger partial charge on any atom is -0.306 e. The van der Waals surface area contributed by atoms with Gasteiger partial charge in [-0.2, -0.15) is 0 Å². The van der Waals surface area contributed by atoms with Crippen LogP contribution < -0.4 is 0 Å². The number of benzene rings is 1. The molecule has 1 aromatic carbocycles. The Bertz CT molecular complexity index is 569. The van der Waals surface area contributed by atoms with E-state index in [1.54, 1.807) is 0 Å². The molecule has 4 heteroatoms. The smallest absolute Gasteiger partial charge is 0.182 e. The summed E-state index contributed by atoms with van der Waals surface area (Å²) < 4.78 is 12.7. The van der Waals surface area contributed by atoms with Crippen LogP contribution in [0.25, 0.3) is 0 Å². The summed E-state index contributed by atoms with van der Waals surface area (Å²) in [5.74, 6) is -0.479. The van der Waals surface area contributed by atoms with Gasteiger partial charge in [-0.1, -0.05) is 30.3 Å². The molecule has 0 aliphatic carbocycles. The van der Waals surface area contributed by atoms with Crippen molar-refractivity contribution in [3.05, 3.63) is 65.7 Å². The van der Waals surface area contributed by atoms with Crippen molar-refractivity contribution in [2.45, 2.75) is 12.8 Å². The molecular weight excluding hydrogens is 267 g/mol. The van der Waals surface area contributed by atoms with Crippen LogP contribution in [0.1, 0.15) is 22.5 Å². The van der Waals surface area contributed by atoms with Gasteiger partial charge >= 0.3 is 0 Å². The van der Waals surface area contributed by atoms with E-state index in [1.165, 1.54) is 17.7 Å². The van der Waals surface area contributed by atoms with E-state index >= 15 is 0 Å². The van der Waals surface area contributed by atoms with E-state index in [-0.39, 0.29) is 5.78 Å². The summed E-state index contributed by atoms with van der Waals surface area (Å²) in [4.78, 5) is 17.8. The maximum atomic E-state index is 12.7. The molecule has 21 heavy (non-hydrogen) atoms. The van der Waals surface area contributed by atoms with E-state index < -0.39 is 5.82 Å². The standard InChI is InChI=1S/C17H19FN2O/c1-20(11-9-14-5-3-2-4-6-14)12-10-17(21)16-8-7-15(18)13-19-16/h2-8,13H,9-12H2,1H3. The van der Waals surface area contributed by atoms with Crippen molar-refractivity contribution in [3.63, 3.8) is 0 Å². The van der Waals surface area contributed by atoms with E-state index in [1.807, 2.05) is 25.2 Å². The van der Waals surface area contributed by atoms with E-state index in [0.717, 1.165) is 19.2 Å². The number of halogens is 1. The van der Waals surface area contributed by atoms with Crippen LogP contribution in [0.4, 0.5) is 4.39 Å². The molecule has 0 fully saturated rings. The van der Waals surface area contributed by atoms with E-state index in [2.05, 4.69) is 22.0 Å². The number of ketones is 1. The van der Waals surface area contributed by atoms with Crippen LogP contribution in [0.3, 0.4) is 0 Å². The van der Waals surface area contributed by atoms with Crippen LogP contribution in [0.5, 0.6) is 0 Å². The molecule has 0 saturated heterocycles. The van der Waals surface area contributed by atoms with Crippen molar-refractivity contribution >= 4 is 5.78 Å². The molecule has 0 saturated carbocycles. The second-order valence-corrected chi connectivity index (χ2v) is 5.07. The zero-order valence-corrected chi connectivity index (χ0v) is 12.1. The van der Waals surface area contributed by atoms with Crippen LogP contribution >= 0.6 is 0 Å². The number of hydrogen-bond acceptors (Lipinski definition) is 3. The number of carbonyl (C=O) groups excluding carboxylic acids is 1. The van der Waals surface area contributed by atoms with Gasteiger partial charge in [-0.05, 0) is 31.2 Å². The van der Waals surface area contributed by atoms with Crippen molar-refractivity contribution in [2.24, 2.45) is 0 Å². The normalized spacial score (nSPS) is 10.8. The molecule has 3 nitrogen and oxygen atoms in total. The number of carbonyl (C=O) groups is 1. The van der Waals surface area contributed by atoms with Gasteiger partial charge in [0.05, 0.1) is 6.20 Å². The Morgan fingerprint density at radius 3 is 2.57 bits per heavy atom. The van der Waals surface area contributed by atoms with Crippen molar-refractivity contribution in [1.29, 1.82) is 0 Å². The lowest BCUT2D eigenvalue weighted by Crippen LogP contribution is -2.24. The van der Waals surface area contributed by atoms with Crippen molar-refractivity contribution in [3.8, 4) is 0 Å². The summed E-state index contributed by atoms with van der Waals surface area (Å²) in [5, 5.41) is 0. The minimum absolute atomic E-state index is 0.0541. The molecule has 110 valence electrons. The van der Waals surface area contributed by atoms with Gasteiger partial charge in [0.2, 0.25) is 0 Å². The van der Waals surface area contributed by atoms with Crippen LogP contribution in [-0.4, -0.2) is 35.8 Å². The molecule has 0 atom stereocenters. The maximum absolute atomic E-state index is 12.7. The Balaban J connectivity index is 1.74. The number of nitrogens with zero attached hydrogens (tertiary/aromatic N) is 2. The Morgan fingerprint density at radius 1 is 1.14 bits per heavy atom. The number of likely N-dealkylation sites (N-methyl/N-ethyl adjacent to an activating group) is 1. The molecular formula is C17H19FN2O. The zero-order valence-electron chi connectivity index (χ0n) is 12.1. The fourth-order valence-corrected chi connectivity index (χ4v) is 2.04. The lowest BCUT2D eigenvalue weighted by atomic mass is 10.1. The zero-order chi connectivity index (χ0) is 15.1. The number of aromatic nitrogens is 1. The van der Waals surface area contributed by atoms with Crippen molar-refractivity contribution in [1.82, 2.24) is 9.88 Å². The minimum atomic E-state index is -0.425. The van der Waals surface area contributed by atoms with Gasteiger partial charge in [-0.15, -0.1) is 0 Å². The highest BCUT2D eigenvalue weighted by atomic mass is 19.1. The quantitative estimate of drug-likeness (QED) is 0.734. The highest BCUT2D eigenvalue weighted by Gasteiger charge is 2.09. The van der Waals surface area contributed by atoms with Crippen LogP contribution in [0, 0.1) is 5.82 Å². The Kier molecular flexibility index (Phi) is 5.58. The monoisotopic (exact) mass is 286 g/mol. The highest BCUT2D eigenvalue weighted by Crippen LogP contribution is 2.04. The van der Waals surface area contributed by atoms with E-state index in [0.29, 0.717) is 18.7 Å². The average molecular weight is 286 g/mol. The molecule has 0 N–H and O–H groups in total. The highest BCUT2D eigenvalue weighted by molar-refractivity contribution is 5.94. The number of rotatable bonds is 7. The van der Waals surface area contributed by atoms with Gasteiger partial charge < -0.3 is 4.90 Å². The van der Waals surface area contributed by atoms with Gasteiger partial charge in [0.15, 0.2) is 5.78 Å². The summed E-state index contributed by atoms with van der Waals surface area (Å²) in [7, 11) is 1.99. The van der Waals surface area contributed by atoms with Gasteiger partial charge in [0.1, 0.15) is 11.5 Å². The second-order valence-electron chi connectivity index (χ2n) is 5.07. The third kappa shape index (κ3) is 5.08. The SMILES string of the molecule is CN(CCC(=O)c1ccc(F)cn1)CCc1ccccc1. The van der Waals surface area contributed by atoms with Crippen LogP contribution in [-0.2, 0) is 6.42 Å². The third-order valence-corrected chi connectivity index (χ3v) is 3.36. The maximum Gasteiger partial charge on any atom is 0.182 e. The summed E-state index contributed by atoms with van der Waals surface area (Å²) in [5.41, 5.74) is 1.61.